The van der Waals surface area contributed by atoms with E-state index in [0.717, 1.165) is 77.0 Å². The van der Waals surface area contributed by atoms with Crippen LogP contribution in [-0.4, -0.2) is 62.7 Å². The van der Waals surface area contributed by atoms with Gasteiger partial charge in [0.1, 0.15) is 23.1 Å². The van der Waals surface area contributed by atoms with Crippen molar-refractivity contribution in [2.24, 2.45) is 0 Å². The largest absolute Gasteiger partial charge is 0.353 e. The number of rotatable bonds is 4. The maximum atomic E-state index is 13.5. The molecule has 1 saturated heterocycles. The molecule has 0 saturated carbocycles. The number of aryl methyl sites for hydroxylation is 1. The summed E-state index contributed by atoms with van der Waals surface area (Å²) in [4.78, 5) is 14.2. The first kappa shape index (κ1) is 20.6. The van der Waals surface area contributed by atoms with E-state index in [1.54, 1.807) is 12.1 Å². The van der Waals surface area contributed by atoms with Gasteiger partial charge in [0.05, 0.1) is 17.9 Å². The predicted molar refractivity (Wildman–Crippen MR) is 132 cm³/mol. The maximum absolute atomic E-state index is 13.5. The van der Waals surface area contributed by atoms with Crippen molar-refractivity contribution < 1.29 is 4.39 Å². The Morgan fingerprint density at radius 2 is 1.82 bits per heavy atom. The van der Waals surface area contributed by atoms with E-state index in [9.17, 15) is 4.39 Å². The molecule has 0 bridgehead atoms. The number of H-pyrrole nitrogens is 1. The summed E-state index contributed by atoms with van der Waals surface area (Å²) in [5, 5.41) is 11.9. The highest BCUT2D eigenvalue weighted by atomic mass is 19.1. The quantitative estimate of drug-likeness (QED) is 0.422. The van der Waals surface area contributed by atoms with E-state index in [-0.39, 0.29) is 5.82 Å². The third kappa shape index (κ3) is 3.63. The molecule has 6 rings (SSSR count). The van der Waals surface area contributed by atoms with E-state index < -0.39 is 0 Å². The summed E-state index contributed by atoms with van der Waals surface area (Å²) in [6, 6.07) is 12.5. The molecule has 172 valence electrons. The Kier molecular flexibility index (Phi) is 4.91. The van der Waals surface area contributed by atoms with E-state index in [1.165, 1.54) is 12.1 Å². The molecule has 4 heterocycles. The van der Waals surface area contributed by atoms with Crippen molar-refractivity contribution in [2.75, 3.05) is 43.4 Å². The monoisotopic (exact) mass is 456 g/mol. The first-order chi connectivity index (χ1) is 16.5. The second kappa shape index (κ2) is 8.11. The van der Waals surface area contributed by atoms with Crippen LogP contribution in [0.5, 0.6) is 0 Å². The van der Waals surface area contributed by atoms with Gasteiger partial charge in [0.2, 0.25) is 0 Å². The molecule has 8 nitrogen and oxygen atoms in total. The van der Waals surface area contributed by atoms with Gasteiger partial charge in [-0.25, -0.2) is 14.4 Å². The maximum Gasteiger partial charge on any atom is 0.157 e. The summed E-state index contributed by atoms with van der Waals surface area (Å²) >= 11 is 0. The van der Waals surface area contributed by atoms with Gasteiger partial charge in [-0.1, -0.05) is 6.07 Å². The topological polar surface area (TPSA) is 77.4 Å². The molecule has 0 spiro atoms. The van der Waals surface area contributed by atoms with Crippen LogP contribution in [0.25, 0.3) is 27.8 Å². The van der Waals surface area contributed by atoms with Crippen molar-refractivity contribution in [2.45, 2.75) is 6.92 Å². The van der Waals surface area contributed by atoms with Gasteiger partial charge in [0, 0.05) is 48.5 Å². The van der Waals surface area contributed by atoms with Gasteiger partial charge in [0.25, 0.3) is 0 Å². The van der Waals surface area contributed by atoms with Gasteiger partial charge < -0.3 is 15.1 Å². The van der Waals surface area contributed by atoms with E-state index in [0.29, 0.717) is 0 Å². The van der Waals surface area contributed by atoms with Gasteiger partial charge >= 0.3 is 0 Å². The number of benzene rings is 2. The van der Waals surface area contributed by atoms with Crippen molar-refractivity contribution in [3.8, 4) is 11.3 Å². The molecular formula is C25H25FN8. The minimum absolute atomic E-state index is 0.272. The Balaban J connectivity index is 1.49. The lowest BCUT2D eigenvalue weighted by molar-refractivity contribution is 0.312. The first-order valence-corrected chi connectivity index (χ1v) is 11.3. The molecule has 2 aromatic carbocycles. The van der Waals surface area contributed by atoms with Gasteiger partial charge in [0.15, 0.2) is 5.65 Å². The van der Waals surface area contributed by atoms with E-state index >= 15 is 0 Å². The molecule has 0 radical (unpaired) electrons. The minimum Gasteiger partial charge on any atom is -0.353 e. The van der Waals surface area contributed by atoms with Crippen LogP contribution >= 0.6 is 0 Å². The normalized spacial score (nSPS) is 14.9. The molecule has 1 fully saturated rings. The van der Waals surface area contributed by atoms with Gasteiger partial charge in [-0.3, -0.25) is 9.50 Å². The Bertz CT molecular complexity index is 1480. The number of aromatic amines is 1. The lowest BCUT2D eigenvalue weighted by Gasteiger charge is -2.33. The molecular weight excluding hydrogens is 431 g/mol. The predicted octanol–water partition coefficient (Wildman–Crippen LogP) is 4.22. The number of imidazole rings is 1. The number of hydrogen-bond donors (Lipinski definition) is 2. The van der Waals surface area contributed by atoms with Crippen LogP contribution in [0.3, 0.4) is 0 Å². The lowest BCUT2D eigenvalue weighted by atomic mass is 10.1. The molecule has 0 amide bonds. The molecule has 1 aliphatic rings. The molecule has 34 heavy (non-hydrogen) atoms. The molecule has 0 aliphatic carbocycles. The Labute approximate surface area is 196 Å². The van der Waals surface area contributed by atoms with Crippen LogP contribution in [0.1, 0.15) is 5.69 Å². The summed E-state index contributed by atoms with van der Waals surface area (Å²) in [5.41, 5.74) is 5.20. The number of fused-ring (bicyclic) bond motifs is 2. The van der Waals surface area contributed by atoms with E-state index in [1.807, 2.05) is 35.9 Å². The Morgan fingerprint density at radius 1 is 1.03 bits per heavy atom. The Hall–Kier alpha value is -3.98. The zero-order chi connectivity index (χ0) is 23.2. The number of anilines is 3. The standard InChI is InChI=1S/C25H25FN8/c1-16-20-13-17(3-8-21(20)31-30-16)24-25(28-19-6-4-18(26)5-7-19)34-15-23(27-14-22(34)29-24)33-11-9-32(2)10-12-33/h3-8,13-15,28H,9-12H2,1-2H3,(H,30,31). The summed E-state index contributed by atoms with van der Waals surface area (Å²) in [5.74, 6) is 1.44. The van der Waals surface area contributed by atoms with Crippen molar-refractivity contribution in [1.82, 2.24) is 29.5 Å². The number of nitrogens with one attached hydrogen (secondary N) is 2. The second-order valence-corrected chi connectivity index (χ2v) is 8.79. The molecule has 0 unspecified atom stereocenters. The summed E-state index contributed by atoms with van der Waals surface area (Å²) < 4.78 is 15.6. The van der Waals surface area contributed by atoms with E-state index in [4.69, 9.17) is 9.97 Å². The second-order valence-electron chi connectivity index (χ2n) is 8.79. The van der Waals surface area contributed by atoms with Crippen LogP contribution in [0.15, 0.2) is 54.9 Å². The summed E-state index contributed by atoms with van der Waals surface area (Å²) in [6.45, 7) is 5.85. The highest BCUT2D eigenvalue weighted by molar-refractivity contribution is 5.89. The number of piperazine rings is 1. The number of hydrogen-bond acceptors (Lipinski definition) is 6. The average molecular weight is 457 g/mol. The van der Waals surface area contributed by atoms with Crippen molar-refractivity contribution in [3.05, 3.63) is 66.4 Å². The number of halogens is 1. The average Bonchev–Trinajstić information content (AvgIpc) is 3.41. The van der Waals surface area contributed by atoms with Crippen molar-refractivity contribution in [1.29, 1.82) is 0 Å². The van der Waals surface area contributed by atoms with Gasteiger partial charge in [-0.05, 0) is 50.4 Å². The minimum atomic E-state index is -0.272. The summed E-state index contributed by atoms with van der Waals surface area (Å²) in [7, 11) is 2.14. The number of likely N-dealkylation sites (N-methyl/N-ethyl adjacent to an activating group) is 1. The van der Waals surface area contributed by atoms with Crippen LogP contribution in [-0.2, 0) is 0 Å². The smallest absolute Gasteiger partial charge is 0.157 e. The molecule has 2 N–H and O–H groups in total. The highest BCUT2D eigenvalue weighted by Gasteiger charge is 2.20. The zero-order valence-corrected chi connectivity index (χ0v) is 19.1. The van der Waals surface area contributed by atoms with Gasteiger partial charge in [-0.2, -0.15) is 5.10 Å². The molecule has 3 aromatic heterocycles. The molecule has 1 aliphatic heterocycles. The number of nitrogens with zero attached hydrogens (tertiary/aromatic N) is 6. The van der Waals surface area contributed by atoms with Crippen molar-refractivity contribution in [3.63, 3.8) is 0 Å². The zero-order valence-electron chi connectivity index (χ0n) is 19.1. The van der Waals surface area contributed by atoms with Crippen LogP contribution in [0.4, 0.5) is 21.7 Å². The lowest BCUT2D eigenvalue weighted by Crippen LogP contribution is -2.44. The highest BCUT2D eigenvalue weighted by Crippen LogP contribution is 2.34. The van der Waals surface area contributed by atoms with Crippen LogP contribution < -0.4 is 10.2 Å². The molecule has 0 atom stereocenters. The van der Waals surface area contributed by atoms with Crippen LogP contribution in [0.2, 0.25) is 0 Å². The summed E-state index contributed by atoms with van der Waals surface area (Å²) in [6.07, 6.45) is 3.85. The third-order valence-corrected chi connectivity index (χ3v) is 6.45. The van der Waals surface area contributed by atoms with E-state index in [2.05, 4.69) is 38.4 Å². The van der Waals surface area contributed by atoms with Crippen LogP contribution in [0, 0.1) is 12.7 Å². The first-order valence-electron chi connectivity index (χ1n) is 11.3. The fourth-order valence-corrected chi connectivity index (χ4v) is 4.42. The Morgan fingerprint density at radius 3 is 2.62 bits per heavy atom. The SMILES string of the molecule is Cc1[nH]nc2ccc(-c3nc4cnc(N5CCN(C)CC5)cn4c3Nc3ccc(F)cc3)cc12. The van der Waals surface area contributed by atoms with Gasteiger partial charge in [-0.15, -0.1) is 0 Å². The third-order valence-electron chi connectivity index (χ3n) is 6.45. The molecule has 5 aromatic rings. The van der Waals surface area contributed by atoms with Crippen molar-refractivity contribution >= 4 is 33.9 Å². The molecule has 9 heteroatoms. The fraction of sp³-hybridized carbons (Fsp3) is 0.240. The number of aromatic nitrogens is 5. The fourth-order valence-electron chi connectivity index (χ4n) is 4.42.